The van der Waals surface area contributed by atoms with Crippen molar-refractivity contribution in [2.75, 3.05) is 6.67 Å². The first-order valence-electron chi connectivity index (χ1n) is 5.08. The highest BCUT2D eigenvalue weighted by Crippen LogP contribution is 2.04. The van der Waals surface area contributed by atoms with Gasteiger partial charge in [-0.1, -0.05) is 0 Å². The van der Waals surface area contributed by atoms with Gasteiger partial charge in [0, 0.05) is 0 Å². The van der Waals surface area contributed by atoms with Crippen molar-refractivity contribution in [1.29, 1.82) is 0 Å². The Bertz CT molecular complexity index is 429. The van der Waals surface area contributed by atoms with E-state index in [2.05, 4.69) is 25.3 Å². The molecular weight excluding hydrogens is 222 g/mol. The van der Waals surface area contributed by atoms with Crippen molar-refractivity contribution in [3.05, 3.63) is 25.3 Å². The monoisotopic (exact) mass is 233 g/mol. The number of rotatable bonds is 4. The molecule has 0 fully saturated rings. The molecule has 0 bridgehead atoms. The minimum absolute atomic E-state index is 0.588. The Morgan fingerprint density at radius 2 is 1.65 bits per heavy atom. The Balaban J connectivity index is 1.54. The highest BCUT2D eigenvalue weighted by atomic mass is 15.6. The van der Waals surface area contributed by atoms with Crippen molar-refractivity contribution in [2.45, 2.75) is 13.3 Å². The molecule has 9 heteroatoms. The van der Waals surface area contributed by atoms with Crippen LogP contribution < -0.4 is 0 Å². The number of aromatic nitrogens is 6. The summed E-state index contributed by atoms with van der Waals surface area (Å²) in [6, 6.07) is 0. The standard InChI is InChI=1S/C8H11N9/c1-9-3-15(11-1)6-14-5-13-17(7-14)8-16-4-10-2-12-16/h1-5H,6-8H2. The second kappa shape index (κ2) is 4.20. The molecule has 3 heterocycles. The van der Waals surface area contributed by atoms with Crippen LogP contribution in [0.1, 0.15) is 0 Å². The minimum atomic E-state index is 0.588. The number of hydrogen-bond donors (Lipinski definition) is 0. The molecule has 0 saturated heterocycles. The van der Waals surface area contributed by atoms with Gasteiger partial charge in [0.2, 0.25) is 0 Å². The van der Waals surface area contributed by atoms with Crippen molar-refractivity contribution in [2.24, 2.45) is 5.10 Å². The van der Waals surface area contributed by atoms with E-state index in [0.29, 0.717) is 20.0 Å². The first-order valence-corrected chi connectivity index (χ1v) is 5.08. The Morgan fingerprint density at radius 1 is 0.941 bits per heavy atom. The fourth-order valence-corrected chi connectivity index (χ4v) is 1.56. The Labute approximate surface area is 97.0 Å². The average Bonchev–Trinajstić information content (AvgIpc) is 3.02. The fraction of sp³-hybridized carbons (Fsp3) is 0.375. The molecule has 0 radical (unpaired) electrons. The maximum atomic E-state index is 4.26. The van der Waals surface area contributed by atoms with Gasteiger partial charge in [-0.05, 0) is 0 Å². The molecule has 0 unspecified atom stereocenters. The van der Waals surface area contributed by atoms with Crippen LogP contribution in [0.25, 0.3) is 0 Å². The predicted molar refractivity (Wildman–Crippen MR) is 57.1 cm³/mol. The van der Waals surface area contributed by atoms with E-state index in [0.717, 1.165) is 0 Å². The van der Waals surface area contributed by atoms with E-state index in [-0.39, 0.29) is 0 Å². The Hall–Kier alpha value is -2.45. The van der Waals surface area contributed by atoms with Crippen LogP contribution in [0, 0.1) is 0 Å². The molecule has 0 amide bonds. The summed E-state index contributed by atoms with van der Waals surface area (Å²) in [5.41, 5.74) is 0. The number of hydrazone groups is 1. The summed E-state index contributed by atoms with van der Waals surface area (Å²) in [7, 11) is 0. The zero-order chi connectivity index (χ0) is 11.5. The fourth-order valence-electron chi connectivity index (χ4n) is 1.56. The smallest absolute Gasteiger partial charge is 0.137 e. The van der Waals surface area contributed by atoms with Crippen molar-refractivity contribution in [3.8, 4) is 0 Å². The van der Waals surface area contributed by atoms with Crippen LogP contribution in [0.3, 0.4) is 0 Å². The van der Waals surface area contributed by atoms with Gasteiger partial charge in [-0.3, -0.25) is 5.01 Å². The van der Waals surface area contributed by atoms with Crippen molar-refractivity contribution in [1.82, 2.24) is 39.4 Å². The quantitative estimate of drug-likeness (QED) is 0.674. The molecule has 0 N–H and O–H groups in total. The predicted octanol–water partition coefficient (Wildman–Crippen LogP) is -0.997. The molecule has 17 heavy (non-hydrogen) atoms. The highest BCUT2D eigenvalue weighted by molar-refractivity contribution is 5.55. The van der Waals surface area contributed by atoms with Gasteiger partial charge in [0.05, 0.1) is 0 Å². The van der Waals surface area contributed by atoms with Gasteiger partial charge in [0.25, 0.3) is 0 Å². The summed E-state index contributed by atoms with van der Waals surface area (Å²) in [6.45, 7) is 1.92. The third-order valence-electron chi connectivity index (χ3n) is 2.29. The van der Waals surface area contributed by atoms with Gasteiger partial charge in [0.1, 0.15) is 51.7 Å². The lowest BCUT2D eigenvalue weighted by Gasteiger charge is -2.18. The molecule has 1 aliphatic rings. The minimum Gasteiger partial charge on any atom is -0.322 e. The first kappa shape index (κ1) is 9.75. The van der Waals surface area contributed by atoms with Crippen LogP contribution in [0.2, 0.25) is 0 Å². The van der Waals surface area contributed by atoms with Crippen LogP contribution in [-0.2, 0) is 13.3 Å². The van der Waals surface area contributed by atoms with E-state index < -0.39 is 0 Å². The molecule has 2 aromatic rings. The zero-order valence-electron chi connectivity index (χ0n) is 9.03. The van der Waals surface area contributed by atoms with Crippen LogP contribution >= 0.6 is 0 Å². The summed E-state index contributed by atoms with van der Waals surface area (Å²) in [4.78, 5) is 9.79. The van der Waals surface area contributed by atoms with Gasteiger partial charge in [-0.25, -0.2) is 19.3 Å². The van der Waals surface area contributed by atoms with E-state index in [1.165, 1.54) is 12.7 Å². The second-order valence-electron chi connectivity index (χ2n) is 3.62. The molecule has 88 valence electrons. The molecule has 0 spiro atoms. The lowest BCUT2D eigenvalue weighted by molar-refractivity contribution is 0.163. The molecule has 0 aliphatic carbocycles. The van der Waals surface area contributed by atoms with E-state index >= 15 is 0 Å². The third-order valence-corrected chi connectivity index (χ3v) is 2.29. The average molecular weight is 233 g/mol. The van der Waals surface area contributed by atoms with Gasteiger partial charge >= 0.3 is 0 Å². The molecule has 0 aromatic carbocycles. The molecule has 2 aromatic heterocycles. The Morgan fingerprint density at radius 3 is 2.29 bits per heavy atom. The lowest BCUT2D eigenvalue weighted by Crippen LogP contribution is -2.30. The van der Waals surface area contributed by atoms with Gasteiger partial charge in [0.15, 0.2) is 0 Å². The number of hydrogen-bond acceptors (Lipinski definition) is 7. The SMILES string of the molecule is C1=NN(Cn2cncn2)CN1Cn1cncn1. The van der Waals surface area contributed by atoms with Gasteiger partial charge in [-0.15, -0.1) is 0 Å². The first-order chi connectivity index (χ1) is 8.40. The van der Waals surface area contributed by atoms with Crippen molar-refractivity contribution in [3.63, 3.8) is 0 Å². The van der Waals surface area contributed by atoms with Crippen molar-refractivity contribution < 1.29 is 0 Å². The normalized spacial score (nSPS) is 14.8. The topological polar surface area (TPSA) is 80.3 Å². The second-order valence-corrected chi connectivity index (χ2v) is 3.62. The number of nitrogens with zero attached hydrogens (tertiary/aromatic N) is 9. The lowest BCUT2D eigenvalue weighted by atomic mass is 10.8. The molecule has 0 atom stereocenters. The summed E-state index contributed by atoms with van der Waals surface area (Å²) in [5.74, 6) is 0. The maximum Gasteiger partial charge on any atom is 0.137 e. The van der Waals surface area contributed by atoms with Crippen LogP contribution in [-0.4, -0.2) is 52.4 Å². The Kier molecular flexibility index (Phi) is 2.41. The molecule has 3 rings (SSSR count). The van der Waals surface area contributed by atoms with E-state index in [1.807, 2.05) is 9.91 Å². The van der Waals surface area contributed by atoms with Crippen molar-refractivity contribution >= 4 is 6.34 Å². The van der Waals surface area contributed by atoms with Gasteiger partial charge in [-0.2, -0.15) is 15.3 Å². The van der Waals surface area contributed by atoms with E-state index in [4.69, 9.17) is 0 Å². The molecule has 1 aliphatic heterocycles. The van der Waals surface area contributed by atoms with E-state index in [9.17, 15) is 0 Å². The summed E-state index contributed by atoms with van der Waals surface area (Å²) >= 11 is 0. The zero-order valence-corrected chi connectivity index (χ0v) is 9.03. The van der Waals surface area contributed by atoms with Crippen LogP contribution in [0.15, 0.2) is 30.4 Å². The van der Waals surface area contributed by atoms with Gasteiger partial charge < -0.3 is 4.90 Å². The summed E-state index contributed by atoms with van der Waals surface area (Å²) < 4.78 is 3.46. The molecule has 9 nitrogen and oxygen atoms in total. The molecular formula is C8H11N9. The maximum absolute atomic E-state index is 4.26. The summed E-state index contributed by atoms with van der Waals surface area (Å²) in [5, 5.41) is 14.2. The van der Waals surface area contributed by atoms with Crippen LogP contribution in [0.4, 0.5) is 0 Å². The largest absolute Gasteiger partial charge is 0.322 e. The van der Waals surface area contributed by atoms with Crippen LogP contribution in [0.5, 0.6) is 0 Å². The molecule has 0 saturated carbocycles. The summed E-state index contributed by atoms with van der Waals surface area (Å²) in [6.07, 6.45) is 8.13. The third kappa shape index (κ3) is 2.22. The van der Waals surface area contributed by atoms with E-state index in [1.54, 1.807) is 28.4 Å². The highest BCUT2D eigenvalue weighted by Gasteiger charge is 2.14.